The zero-order chi connectivity index (χ0) is 14.6. The Morgan fingerprint density at radius 2 is 1.55 bits per heavy atom. The van der Waals surface area contributed by atoms with Gasteiger partial charge in [-0.2, -0.15) is 0 Å². The highest BCUT2D eigenvalue weighted by Gasteiger charge is 2.20. The number of hydrogen-bond acceptors (Lipinski definition) is 1. The van der Waals surface area contributed by atoms with Crippen LogP contribution >= 0.6 is 0 Å². The quantitative estimate of drug-likeness (QED) is 0.702. The average Bonchev–Trinajstić information content (AvgIpc) is 2.67. The molecule has 0 N–H and O–H groups in total. The summed E-state index contributed by atoms with van der Waals surface area (Å²) in [7, 11) is 0. The molecule has 1 aromatic rings. The zero-order valence-corrected chi connectivity index (χ0v) is 13.2. The molecule has 0 spiro atoms. The van der Waals surface area contributed by atoms with Crippen molar-refractivity contribution in [2.24, 2.45) is 5.92 Å². The molecule has 1 nitrogen and oxygen atoms in total. The van der Waals surface area contributed by atoms with Gasteiger partial charge < -0.3 is 0 Å². The van der Waals surface area contributed by atoms with Crippen molar-refractivity contribution in [1.82, 2.24) is 0 Å². The molecule has 2 rings (SSSR count). The van der Waals surface area contributed by atoms with Crippen LogP contribution in [0.2, 0.25) is 0 Å². The molecule has 0 aliphatic heterocycles. The van der Waals surface area contributed by atoms with Crippen LogP contribution in [-0.2, 0) is 16.6 Å². The van der Waals surface area contributed by atoms with Crippen LogP contribution in [0.15, 0.2) is 24.3 Å². The van der Waals surface area contributed by atoms with Crippen molar-refractivity contribution in [1.29, 1.82) is 0 Å². The van der Waals surface area contributed by atoms with Gasteiger partial charge in [-0.1, -0.05) is 70.7 Å². The molecule has 1 heteroatoms. The van der Waals surface area contributed by atoms with Gasteiger partial charge in [-0.05, 0) is 29.4 Å². The number of rotatable bonds is 3. The van der Waals surface area contributed by atoms with E-state index < -0.39 is 0 Å². The molecular formula is C19H28O. The lowest BCUT2D eigenvalue weighted by Crippen LogP contribution is -2.16. The summed E-state index contributed by atoms with van der Waals surface area (Å²) < 4.78 is 0. The second-order valence-electron chi connectivity index (χ2n) is 7.28. The number of hydrogen-bond donors (Lipinski definition) is 0. The highest BCUT2D eigenvalue weighted by molar-refractivity contribution is 5.83. The molecule has 0 amide bonds. The van der Waals surface area contributed by atoms with Crippen LogP contribution in [0.3, 0.4) is 0 Å². The molecular weight excluding hydrogens is 244 g/mol. The van der Waals surface area contributed by atoms with Crippen molar-refractivity contribution >= 4 is 5.78 Å². The van der Waals surface area contributed by atoms with E-state index in [1.54, 1.807) is 0 Å². The van der Waals surface area contributed by atoms with E-state index in [1.807, 2.05) is 0 Å². The summed E-state index contributed by atoms with van der Waals surface area (Å²) in [5, 5.41) is 0. The van der Waals surface area contributed by atoms with Crippen LogP contribution in [0.25, 0.3) is 0 Å². The summed E-state index contributed by atoms with van der Waals surface area (Å²) in [5.41, 5.74) is 2.69. The zero-order valence-electron chi connectivity index (χ0n) is 13.2. The van der Waals surface area contributed by atoms with Crippen LogP contribution in [0.4, 0.5) is 0 Å². The first-order chi connectivity index (χ1) is 9.47. The number of benzene rings is 1. The Balaban J connectivity index is 1.97. The van der Waals surface area contributed by atoms with Gasteiger partial charge >= 0.3 is 0 Å². The minimum atomic E-state index is 0.184. The van der Waals surface area contributed by atoms with Crippen LogP contribution < -0.4 is 0 Å². The van der Waals surface area contributed by atoms with E-state index in [0.717, 1.165) is 12.8 Å². The van der Waals surface area contributed by atoms with Gasteiger partial charge in [0.05, 0.1) is 0 Å². The van der Waals surface area contributed by atoms with Gasteiger partial charge in [0, 0.05) is 12.3 Å². The Morgan fingerprint density at radius 3 is 2.05 bits per heavy atom. The third-order valence-corrected chi connectivity index (χ3v) is 4.51. The maximum atomic E-state index is 12.4. The predicted octanol–water partition coefficient (Wildman–Crippen LogP) is 5.07. The molecule has 1 fully saturated rings. The molecule has 20 heavy (non-hydrogen) atoms. The van der Waals surface area contributed by atoms with E-state index in [-0.39, 0.29) is 5.41 Å². The summed E-state index contributed by atoms with van der Waals surface area (Å²) in [6.07, 6.45) is 7.93. The predicted molar refractivity (Wildman–Crippen MR) is 85.0 cm³/mol. The molecule has 0 unspecified atom stereocenters. The maximum Gasteiger partial charge on any atom is 0.140 e. The molecule has 0 aromatic heterocycles. The van der Waals surface area contributed by atoms with Gasteiger partial charge in [-0.3, -0.25) is 4.79 Å². The van der Waals surface area contributed by atoms with Crippen molar-refractivity contribution in [3.05, 3.63) is 35.4 Å². The summed E-state index contributed by atoms with van der Waals surface area (Å²) in [4.78, 5) is 12.4. The molecule has 0 saturated heterocycles. The minimum absolute atomic E-state index is 0.184. The monoisotopic (exact) mass is 272 g/mol. The van der Waals surface area contributed by atoms with Gasteiger partial charge in [0.2, 0.25) is 0 Å². The Hall–Kier alpha value is -1.11. The van der Waals surface area contributed by atoms with E-state index in [1.165, 1.54) is 36.8 Å². The van der Waals surface area contributed by atoms with Crippen LogP contribution in [0.5, 0.6) is 0 Å². The van der Waals surface area contributed by atoms with E-state index in [2.05, 4.69) is 45.0 Å². The van der Waals surface area contributed by atoms with Crippen molar-refractivity contribution < 1.29 is 4.79 Å². The fourth-order valence-electron chi connectivity index (χ4n) is 3.07. The average molecular weight is 272 g/mol. The molecule has 110 valence electrons. The van der Waals surface area contributed by atoms with Crippen LogP contribution in [0, 0.1) is 5.92 Å². The van der Waals surface area contributed by atoms with Gasteiger partial charge in [0.25, 0.3) is 0 Å². The minimum Gasteiger partial charge on any atom is -0.299 e. The Kier molecular flexibility index (Phi) is 5.01. The second-order valence-corrected chi connectivity index (χ2v) is 7.28. The molecule has 0 heterocycles. The van der Waals surface area contributed by atoms with Crippen LogP contribution in [0.1, 0.15) is 70.4 Å². The normalized spacial score (nSPS) is 17.8. The molecule has 1 aliphatic carbocycles. The van der Waals surface area contributed by atoms with Crippen molar-refractivity contribution in [3.8, 4) is 0 Å². The first-order valence-electron chi connectivity index (χ1n) is 8.09. The lowest BCUT2D eigenvalue weighted by molar-refractivity contribution is -0.122. The van der Waals surface area contributed by atoms with Crippen molar-refractivity contribution in [2.45, 2.75) is 71.1 Å². The number of carbonyl (C=O) groups excluding carboxylic acids is 1. The Labute approximate surface area is 123 Å². The largest absolute Gasteiger partial charge is 0.299 e. The van der Waals surface area contributed by atoms with Gasteiger partial charge in [0.1, 0.15) is 5.78 Å². The maximum absolute atomic E-state index is 12.4. The summed E-state index contributed by atoms with van der Waals surface area (Å²) in [5.74, 6) is 0.773. The van der Waals surface area contributed by atoms with E-state index in [4.69, 9.17) is 0 Å². The Bertz CT molecular complexity index is 428. The highest BCUT2D eigenvalue weighted by atomic mass is 16.1. The first-order valence-corrected chi connectivity index (χ1v) is 8.09. The number of ketones is 1. The van der Waals surface area contributed by atoms with Gasteiger partial charge in [-0.15, -0.1) is 0 Å². The summed E-state index contributed by atoms with van der Waals surface area (Å²) in [6, 6.07) is 8.62. The molecule has 1 aromatic carbocycles. The lowest BCUT2D eigenvalue weighted by Gasteiger charge is -2.19. The third kappa shape index (κ3) is 4.19. The summed E-state index contributed by atoms with van der Waals surface area (Å²) >= 11 is 0. The van der Waals surface area contributed by atoms with Crippen LogP contribution in [-0.4, -0.2) is 5.78 Å². The molecule has 1 aliphatic rings. The molecule has 0 atom stereocenters. The summed E-state index contributed by atoms with van der Waals surface area (Å²) in [6.45, 7) is 6.66. The number of carbonyl (C=O) groups is 1. The topological polar surface area (TPSA) is 17.1 Å². The SMILES string of the molecule is CC(C)(C)c1ccc(CC(=O)C2CCCCCC2)cc1. The fourth-order valence-corrected chi connectivity index (χ4v) is 3.07. The lowest BCUT2D eigenvalue weighted by atomic mass is 9.85. The molecule has 0 bridgehead atoms. The smallest absolute Gasteiger partial charge is 0.140 e. The molecule has 1 saturated carbocycles. The van der Waals surface area contributed by atoms with Gasteiger partial charge in [-0.25, -0.2) is 0 Å². The van der Waals surface area contributed by atoms with E-state index in [0.29, 0.717) is 18.1 Å². The van der Waals surface area contributed by atoms with Crippen molar-refractivity contribution in [3.63, 3.8) is 0 Å². The number of Topliss-reactive ketones (excluding diaryl/α,β-unsaturated/α-hetero) is 1. The molecule has 0 radical (unpaired) electrons. The first kappa shape index (κ1) is 15.3. The van der Waals surface area contributed by atoms with E-state index >= 15 is 0 Å². The highest BCUT2D eigenvalue weighted by Crippen LogP contribution is 2.26. The van der Waals surface area contributed by atoms with Crippen molar-refractivity contribution in [2.75, 3.05) is 0 Å². The van der Waals surface area contributed by atoms with Gasteiger partial charge in [0.15, 0.2) is 0 Å². The fraction of sp³-hybridized carbons (Fsp3) is 0.632. The second kappa shape index (κ2) is 6.56. The van der Waals surface area contributed by atoms with E-state index in [9.17, 15) is 4.79 Å². The Morgan fingerprint density at radius 1 is 1.00 bits per heavy atom. The standard InChI is InChI=1S/C19H28O/c1-19(2,3)17-12-10-15(11-13-17)14-18(20)16-8-6-4-5-7-9-16/h10-13,16H,4-9,14H2,1-3H3. The third-order valence-electron chi connectivity index (χ3n) is 4.51.